The molecule has 0 bridgehead atoms. The summed E-state index contributed by atoms with van der Waals surface area (Å²) >= 11 is 1.45. The van der Waals surface area contributed by atoms with Crippen molar-refractivity contribution in [1.82, 2.24) is 19.8 Å². The smallest absolute Gasteiger partial charge is 0.270 e. The van der Waals surface area contributed by atoms with Crippen LogP contribution in [0.2, 0.25) is 0 Å². The Morgan fingerprint density at radius 1 is 1.33 bits per heavy atom. The number of carbonyl (C=O) groups excluding carboxylic acids is 2. The van der Waals surface area contributed by atoms with E-state index in [-0.39, 0.29) is 11.8 Å². The Bertz CT molecular complexity index is 974. The number of aromatic nitrogens is 2. The van der Waals surface area contributed by atoms with Gasteiger partial charge in [-0.05, 0) is 26.2 Å². The molecule has 1 aromatic carbocycles. The molecule has 0 unspecified atom stereocenters. The van der Waals surface area contributed by atoms with E-state index in [2.05, 4.69) is 15.3 Å². The van der Waals surface area contributed by atoms with Gasteiger partial charge in [0.25, 0.3) is 5.91 Å². The fourth-order valence-electron chi connectivity index (χ4n) is 3.23. The highest BCUT2D eigenvalue weighted by atomic mass is 32.1. The van der Waals surface area contributed by atoms with Gasteiger partial charge in [0.05, 0.1) is 18.8 Å². The summed E-state index contributed by atoms with van der Waals surface area (Å²) in [6, 6.07) is 9.76. The number of aromatic amines is 1. The molecule has 0 aliphatic carbocycles. The lowest BCUT2D eigenvalue weighted by Crippen LogP contribution is -2.35. The molecular weight excluding hydrogens is 362 g/mol. The van der Waals surface area contributed by atoms with E-state index in [4.69, 9.17) is 0 Å². The van der Waals surface area contributed by atoms with Crippen molar-refractivity contribution in [1.29, 1.82) is 0 Å². The van der Waals surface area contributed by atoms with Crippen LogP contribution in [0.5, 0.6) is 0 Å². The highest BCUT2D eigenvalue weighted by Gasteiger charge is 2.26. The van der Waals surface area contributed by atoms with Crippen LogP contribution in [0.1, 0.15) is 21.1 Å². The van der Waals surface area contributed by atoms with Gasteiger partial charge in [0.1, 0.15) is 5.69 Å². The van der Waals surface area contributed by atoms with E-state index < -0.39 is 0 Å². The summed E-state index contributed by atoms with van der Waals surface area (Å²) in [5.74, 6) is -0.0967. The van der Waals surface area contributed by atoms with E-state index in [0.29, 0.717) is 36.9 Å². The fourth-order valence-corrected chi connectivity index (χ4v) is 4.27. The summed E-state index contributed by atoms with van der Waals surface area (Å²) < 4.78 is 0. The molecule has 0 radical (unpaired) electrons. The number of likely N-dealkylation sites (N-methyl/N-ethyl adjacent to an activating group) is 1. The minimum atomic E-state index is -0.0860. The first kappa shape index (κ1) is 17.7. The Morgan fingerprint density at radius 3 is 2.93 bits per heavy atom. The molecule has 4 rings (SSSR count). The molecule has 0 spiro atoms. The SMILES string of the molecule is CN(C)CC(=O)Nc1nc2c(s1)CN(C(=O)c1cc3ccccc3[nH]1)CC2. The molecule has 2 aromatic heterocycles. The number of amides is 2. The molecular formula is C19H21N5O2S. The Labute approximate surface area is 161 Å². The number of hydrogen-bond donors (Lipinski definition) is 2. The number of H-pyrrole nitrogens is 1. The van der Waals surface area contributed by atoms with Gasteiger partial charge >= 0.3 is 0 Å². The molecule has 0 saturated carbocycles. The fraction of sp³-hybridized carbons (Fsp3) is 0.316. The number of para-hydroxylation sites is 1. The van der Waals surface area contributed by atoms with Gasteiger partial charge in [-0.2, -0.15) is 0 Å². The summed E-state index contributed by atoms with van der Waals surface area (Å²) in [6.45, 7) is 1.45. The molecule has 0 atom stereocenters. The van der Waals surface area contributed by atoms with Gasteiger partial charge < -0.3 is 20.1 Å². The summed E-state index contributed by atoms with van der Waals surface area (Å²) in [7, 11) is 3.69. The number of benzene rings is 1. The Kier molecular flexibility index (Phi) is 4.67. The van der Waals surface area contributed by atoms with Crippen molar-refractivity contribution in [3.63, 3.8) is 0 Å². The predicted molar refractivity (Wildman–Crippen MR) is 106 cm³/mol. The summed E-state index contributed by atoms with van der Waals surface area (Å²) in [5, 5.41) is 4.47. The summed E-state index contributed by atoms with van der Waals surface area (Å²) in [4.78, 5) is 37.2. The second kappa shape index (κ2) is 7.13. The zero-order chi connectivity index (χ0) is 19.0. The maximum absolute atomic E-state index is 12.9. The van der Waals surface area contributed by atoms with Gasteiger partial charge in [-0.15, -0.1) is 0 Å². The van der Waals surface area contributed by atoms with E-state index in [1.165, 1.54) is 11.3 Å². The van der Waals surface area contributed by atoms with Crippen molar-refractivity contribution >= 4 is 39.2 Å². The Morgan fingerprint density at radius 2 is 2.15 bits per heavy atom. The maximum Gasteiger partial charge on any atom is 0.270 e. The Hall–Kier alpha value is -2.71. The third-order valence-electron chi connectivity index (χ3n) is 4.49. The van der Waals surface area contributed by atoms with Crippen LogP contribution in [0.15, 0.2) is 30.3 Å². The first-order valence-electron chi connectivity index (χ1n) is 8.80. The van der Waals surface area contributed by atoms with Gasteiger partial charge in [-0.1, -0.05) is 29.5 Å². The predicted octanol–water partition coefficient (Wildman–Crippen LogP) is 2.32. The minimum absolute atomic E-state index is 0.0107. The minimum Gasteiger partial charge on any atom is -0.351 e. The van der Waals surface area contributed by atoms with Crippen molar-refractivity contribution in [2.75, 3.05) is 32.5 Å². The average molecular weight is 383 g/mol. The van der Waals surface area contributed by atoms with Crippen LogP contribution < -0.4 is 5.32 Å². The van der Waals surface area contributed by atoms with Gasteiger partial charge in [-0.25, -0.2) is 4.98 Å². The largest absolute Gasteiger partial charge is 0.351 e. The molecule has 0 saturated heterocycles. The normalized spacial score (nSPS) is 13.8. The number of thiazole rings is 1. The highest BCUT2D eigenvalue weighted by Crippen LogP contribution is 2.29. The highest BCUT2D eigenvalue weighted by molar-refractivity contribution is 7.15. The number of fused-ring (bicyclic) bond motifs is 2. The van der Waals surface area contributed by atoms with Crippen LogP contribution in [0.25, 0.3) is 10.9 Å². The zero-order valence-corrected chi connectivity index (χ0v) is 16.1. The average Bonchev–Trinajstić information content (AvgIpc) is 3.22. The second-order valence-corrected chi connectivity index (χ2v) is 8.01. The van der Waals surface area contributed by atoms with Crippen molar-refractivity contribution in [3.05, 3.63) is 46.6 Å². The third-order valence-corrected chi connectivity index (χ3v) is 5.48. The summed E-state index contributed by atoms with van der Waals surface area (Å²) in [5.41, 5.74) is 2.53. The van der Waals surface area contributed by atoms with E-state index in [1.54, 1.807) is 0 Å². The molecule has 1 aliphatic rings. The van der Waals surface area contributed by atoms with Gasteiger partial charge in [0, 0.05) is 28.7 Å². The topological polar surface area (TPSA) is 81.3 Å². The summed E-state index contributed by atoms with van der Waals surface area (Å²) in [6.07, 6.45) is 0.696. The van der Waals surface area contributed by atoms with E-state index in [9.17, 15) is 9.59 Å². The zero-order valence-electron chi connectivity index (χ0n) is 15.3. The van der Waals surface area contributed by atoms with Crippen LogP contribution in [-0.4, -0.2) is 58.8 Å². The molecule has 2 amide bonds. The number of hydrogen-bond acceptors (Lipinski definition) is 5. The van der Waals surface area contributed by atoms with Crippen molar-refractivity contribution < 1.29 is 9.59 Å². The lowest BCUT2D eigenvalue weighted by atomic mass is 10.1. The van der Waals surface area contributed by atoms with E-state index in [0.717, 1.165) is 21.5 Å². The van der Waals surface area contributed by atoms with Crippen molar-refractivity contribution in [3.8, 4) is 0 Å². The molecule has 2 N–H and O–H groups in total. The molecule has 1 aliphatic heterocycles. The van der Waals surface area contributed by atoms with Crippen LogP contribution in [0, 0.1) is 0 Å². The van der Waals surface area contributed by atoms with Crippen LogP contribution >= 0.6 is 11.3 Å². The van der Waals surface area contributed by atoms with Gasteiger partial charge in [-0.3, -0.25) is 9.59 Å². The monoisotopic (exact) mass is 383 g/mol. The van der Waals surface area contributed by atoms with Crippen LogP contribution in [-0.2, 0) is 17.8 Å². The number of carbonyl (C=O) groups is 2. The molecule has 7 nitrogen and oxygen atoms in total. The number of nitrogens with one attached hydrogen (secondary N) is 2. The molecule has 3 aromatic rings. The number of anilines is 1. The standard InChI is InChI=1S/C19H21N5O2S/c1-23(2)11-17(25)22-19-21-14-7-8-24(10-16(14)27-19)18(26)15-9-12-5-3-4-6-13(12)20-15/h3-6,9,20H,7-8,10-11H2,1-2H3,(H,21,22,25). The van der Waals surface area contributed by atoms with Gasteiger partial charge in [0.15, 0.2) is 5.13 Å². The number of rotatable bonds is 4. The van der Waals surface area contributed by atoms with E-state index >= 15 is 0 Å². The lowest BCUT2D eigenvalue weighted by molar-refractivity contribution is -0.116. The van der Waals surface area contributed by atoms with Crippen molar-refractivity contribution in [2.45, 2.75) is 13.0 Å². The molecule has 8 heteroatoms. The lowest BCUT2D eigenvalue weighted by Gasteiger charge is -2.25. The molecule has 27 heavy (non-hydrogen) atoms. The van der Waals surface area contributed by atoms with Gasteiger partial charge in [0.2, 0.25) is 5.91 Å². The van der Waals surface area contributed by atoms with Crippen molar-refractivity contribution in [2.24, 2.45) is 0 Å². The molecule has 3 heterocycles. The Balaban J connectivity index is 1.47. The quantitative estimate of drug-likeness (QED) is 0.725. The third kappa shape index (κ3) is 3.72. The number of nitrogens with zero attached hydrogens (tertiary/aromatic N) is 3. The maximum atomic E-state index is 12.9. The molecule has 0 fully saturated rings. The molecule has 140 valence electrons. The second-order valence-electron chi connectivity index (χ2n) is 6.92. The van der Waals surface area contributed by atoms with E-state index in [1.807, 2.05) is 54.2 Å². The van der Waals surface area contributed by atoms with Crippen LogP contribution in [0.4, 0.5) is 5.13 Å². The first-order valence-corrected chi connectivity index (χ1v) is 9.61. The van der Waals surface area contributed by atoms with Crippen LogP contribution in [0.3, 0.4) is 0 Å². The first-order chi connectivity index (χ1) is 13.0.